The molecule has 0 heterocycles. The Morgan fingerprint density at radius 2 is 0.843 bits per heavy atom. The second-order valence-electron chi connectivity index (χ2n) is 14.3. The van der Waals surface area contributed by atoms with Crippen LogP contribution >= 0.6 is 0 Å². The molecule has 0 amide bonds. The maximum absolute atomic E-state index is 11.3. The molecule has 23 heteroatoms. The van der Waals surface area contributed by atoms with Crippen molar-refractivity contribution in [2.24, 2.45) is 51.1 Å². The quantitative estimate of drug-likeness (QED) is 0.0271. The minimum Gasteiger partial charge on any atom is -0.750 e. The molecule has 11 N–H and O–H groups in total. The monoisotopic (exact) mass is 971 g/mol. The topological polar surface area (TPSA) is 346 Å². The van der Waals surface area contributed by atoms with Crippen molar-refractivity contribution in [3.8, 4) is 16.9 Å². The summed E-state index contributed by atoms with van der Waals surface area (Å²) in [7, 11) is 0. The number of fused-ring (bicyclic) bond motifs is 1. The van der Waals surface area contributed by atoms with Crippen LogP contribution in [0.25, 0.3) is 21.9 Å². The number of nitrogens with two attached hydrogens (primary N) is 4. The van der Waals surface area contributed by atoms with Crippen LogP contribution in [0.5, 0.6) is 5.75 Å². The Labute approximate surface area is 445 Å². The molecular formula is C47H37N14Na2O6S+. The third-order valence-electron chi connectivity index (χ3n) is 9.58. The number of hydrogen-bond donors (Lipinski definition) is 7. The number of hydrogen-bond acceptors (Lipinski definition) is 18. The molecule has 0 saturated carbocycles. The fourth-order valence-electron chi connectivity index (χ4n) is 6.26. The van der Waals surface area contributed by atoms with E-state index in [9.17, 15) is 15.0 Å². The molecule has 20 nitrogen and oxygen atoms in total. The first-order valence-electron chi connectivity index (χ1n) is 19.9. The maximum atomic E-state index is 11.3. The average molecular weight is 972 g/mol. The largest absolute Gasteiger partial charge is 1.00 e. The number of nitrogens with zero attached hydrogens (tertiary/aromatic N) is 10. The molecule has 0 aliphatic carbocycles. The number of nitrogen functional groups attached to an aromatic ring is 4. The zero-order valence-electron chi connectivity index (χ0n) is 37.3. The molecule has 8 aromatic rings. The number of carbonyl (C=O) groups is 1. The summed E-state index contributed by atoms with van der Waals surface area (Å²) in [6.07, 6.45) is 0. The zero-order chi connectivity index (χ0) is 48.2. The van der Waals surface area contributed by atoms with Crippen LogP contribution in [-0.4, -0.2) is 29.5 Å². The van der Waals surface area contributed by atoms with E-state index in [1.165, 1.54) is 18.2 Å². The molecule has 8 rings (SSSR count). The van der Waals surface area contributed by atoms with E-state index in [4.69, 9.17) is 36.2 Å². The SMILES string of the molecule is Nc1ccc(N=Nc2cccc(N=Nc3cc(N=Nc4ccc(N=Nc5ccc(-c6ccc(N=Nc7ccc(O)c(C(=O)O)c7)cc6)cc5)c5ccccc45)c(N)cc3N)c2)c(N)c1.O=S([O-])O.[Na+].[Na+]. The summed E-state index contributed by atoms with van der Waals surface area (Å²) in [5.74, 6) is -1.59. The van der Waals surface area contributed by atoms with Gasteiger partial charge in [-0.1, -0.05) is 54.6 Å². The van der Waals surface area contributed by atoms with Crippen LogP contribution in [0.4, 0.5) is 79.6 Å². The van der Waals surface area contributed by atoms with Gasteiger partial charge in [0.2, 0.25) is 0 Å². The van der Waals surface area contributed by atoms with E-state index >= 15 is 0 Å². The van der Waals surface area contributed by atoms with Crippen molar-refractivity contribution in [2.75, 3.05) is 22.9 Å². The molecule has 0 aliphatic rings. The van der Waals surface area contributed by atoms with Crippen molar-refractivity contribution in [1.82, 2.24) is 0 Å². The van der Waals surface area contributed by atoms with Gasteiger partial charge in [0.1, 0.15) is 28.4 Å². The van der Waals surface area contributed by atoms with Gasteiger partial charge in [0.15, 0.2) is 0 Å². The molecule has 1 unspecified atom stereocenters. The van der Waals surface area contributed by atoms with Gasteiger partial charge in [-0.05, 0) is 114 Å². The number of anilines is 4. The van der Waals surface area contributed by atoms with E-state index < -0.39 is 17.3 Å². The smallest absolute Gasteiger partial charge is 0.750 e. The van der Waals surface area contributed by atoms with Gasteiger partial charge in [-0.3, -0.25) is 0 Å². The summed E-state index contributed by atoms with van der Waals surface area (Å²) >= 11 is -2.86. The van der Waals surface area contributed by atoms with Gasteiger partial charge >= 0.3 is 65.1 Å². The van der Waals surface area contributed by atoms with Crippen molar-refractivity contribution in [2.45, 2.75) is 0 Å². The molecule has 0 saturated heterocycles. The molecule has 338 valence electrons. The molecule has 0 aliphatic heterocycles. The van der Waals surface area contributed by atoms with Crippen LogP contribution in [0, 0.1) is 0 Å². The second-order valence-corrected chi connectivity index (χ2v) is 14.7. The first-order chi connectivity index (χ1) is 32.8. The molecule has 0 aromatic heterocycles. The van der Waals surface area contributed by atoms with Crippen molar-refractivity contribution in [3.63, 3.8) is 0 Å². The number of benzene rings is 8. The van der Waals surface area contributed by atoms with E-state index in [0.717, 1.165) is 21.9 Å². The van der Waals surface area contributed by atoms with Crippen LogP contribution in [0.2, 0.25) is 0 Å². The molecular weight excluding hydrogens is 935 g/mol. The predicted molar refractivity (Wildman–Crippen MR) is 260 cm³/mol. The summed E-state index contributed by atoms with van der Waals surface area (Å²) in [4.78, 5) is 11.3. The van der Waals surface area contributed by atoms with Crippen LogP contribution in [-0.2, 0) is 11.4 Å². The standard InChI is InChI=1S/C47H36N14O3.2Na.H2O3S/c48-29-12-18-43(38(49)22-29)59-55-32-4-3-5-33(23-32)56-60-44-26-45(40(51)25-39(44)50)61-58-42-20-19-41(35-6-1-2-7-36(35)42)57-53-31-15-10-28(11-16-31)27-8-13-30(14-9-27)52-54-34-17-21-46(62)37(24-34)47(63)64;;;1-4(2)3/h1-26,62H,48-51H2,(H,63,64);;;(H2,1,2,3)/q;2*+1;/p-1. The zero-order valence-corrected chi connectivity index (χ0v) is 42.1. The van der Waals surface area contributed by atoms with Gasteiger partial charge in [-0.15, -0.1) is 25.6 Å². The Kier molecular flexibility index (Phi) is 19.3. The summed E-state index contributed by atoms with van der Waals surface area (Å²) in [5, 5.41) is 64.1. The normalized spacial score (nSPS) is 11.7. The molecule has 0 fully saturated rings. The Morgan fingerprint density at radius 1 is 0.443 bits per heavy atom. The summed E-state index contributed by atoms with van der Waals surface area (Å²) in [5.41, 5.74) is 32.6. The Balaban J connectivity index is 0.00000147. The minimum absolute atomic E-state index is 0. The number of carboxylic acid groups (broad SMARTS) is 1. The molecule has 8 aromatic carbocycles. The first-order valence-corrected chi connectivity index (χ1v) is 20.9. The first kappa shape index (κ1) is 53.5. The van der Waals surface area contributed by atoms with Gasteiger partial charge in [0, 0.05) is 16.5 Å². The van der Waals surface area contributed by atoms with Gasteiger partial charge in [0.25, 0.3) is 0 Å². The fourth-order valence-corrected chi connectivity index (χ4v) is 6.26. The number of azo groups is 5. The molecule has 1 atom stereocenters. The minimum atomic E-state index is -2.86. The number of aromatic hydroxyl groups is 1. The number of rotatable bonds is 12. The Hall–Kier alpha value is -7.44. The molecule has 0 bridgehead atoms. The number of carboxylic acids is 1. The van der Waals surface area contributed by atoms with E-state index in [2.05, 4.69) is 51.1 Å². The van der Waals surface area contributed by atoms with Crippen molar-refractivity contribution in [1.29, 1.82) is 0 Å². The van der Waals surface area contributed by atoms with Crippen molar-refractivity contribution < 1.29 is 87.4 Å². The van der Waals surface area contributed by atoms with Crippen LogP contribution < -0.4 is 82.0 Å². The van der Waals surface area contributed by atoms with Crippen LogP contribution in [0.15, 0.2) is 209 Å². The Morgan fingerprint density at radius 3 is 1.37 bits per heavy atom. The summed E-state index contributed by atoms with van der Waals surface area (Å²) in [6.45, 7) is 0. The molecule has 0 spiro atoms. The van der Waals surface area contributed by atoms with Crippen LogP contribution in [0.1, 0.15) is 10.4 Å². The third kappa shape index (κ3) is 14.5. The molecule has 70 heavy (non-hydrogen) atoms. The van der Waals surface area contributed by atoms with Gasteiger partial charge in [-0.2, -0.15) is 25.6 Å². The summed E-state index contributed by atoms with van der Waals surface area (Å²) < 4.78 is 24.1. The summed E-state index contributed by atoms with van der Waals surface area (Å²) in [6, 6.07) is 45.6. The van der Waals surface area contributed by atoms with Crippen LogP contribution in [0.3, 0.4) is 0 Å². The van der Waals surface area contributed by atoms with E-state index in [0.29, 0.717) is 79.6 Å². The van der Waals surface area contributed by atoms with Gasteiger partial charge < -0.3 is 42.3 Å². The van der Waals surface area contributed by atoms with E-state index in [1.807, 2.05) is 72.8 Å². The van der Waals surface area contributed by atoms with Gasteiger partial charge in [0.05, 0.1) is 68.2 Å². The average Bonchev–Trinajstić information content (AvgIpc) is 3.32. The van der Waals surface area contributed by atoms with E-state index in [-0.39, 0.29) is 70.4 Å². The second kappa shape index (κ2) is 25.2. The predicted octanol–water partition coefficient (Wildman–Crippen LogP) is 7.66. The number of phenols is 1. The maximum Gasteiger partial charge on any atom is 1.00 e. The fraction of sp³-hybridized carbons (Fsp3) is 0. The third-order valence-corrected chi connectivity index (χ3v) is 9.58. The number of aromatic carboxylic acids is 1. The van der Waals surface area contributed by atoms with E-state index in [1.54, 1.807) is 66.7 Å². The van der Waals surface area contributed by atoms with Gasteiger partial charge in [-0.25, -0.2) is 9.00 Å². The molecule has 0 radical (unpaired) electrons. The van der Waals surface area contributed by atoms with Crippen molar-refractivity contribution in [3.05, 3.63) is 163 Å². The van der Waals surface area contributed by atoms with Crippen molar-refractivity contribution >= 4 is 108 Å². The Bertz CT molecular complexity index is 3340.